The molecule has 0 saturated carbocycles. The summed E-state index contributed by atoms with van der Waals surface area (Å²) in [6.07, 6.45) is 1.46. The number of rotatable bonds is 14. The molecule has 1 atom stereocenters. The number of nitrogens with zero attached hydrogens (tertiary/aromatic N) is 2. The molecule has 0 radical (unpaired) electrons. The number of anilines is 6. The van der Waals surface area contributed by atoms with Gasteiger partial charge < -0.3 is 29.1 Å². The van der Waals surface area contributed by atoms with E-state index in [1.54, 1.807) is 7.11 Å². The summed E-state index contributed by atoms with van der Waals surface area (Å²) >= 11 is 0. The van der Waals surface area contributed by atoms with E-state index in [1.165, 1.54) is 11.1 Å². The monoisotopic (exact) mass is 664 g/mol. The molecule has 1 unspecified atom stereocenters. The van der Waals surface area contributed by atoms with Crippen molar-refractivity contribution >= 4 is 34.1 Å². The molecular weight excluding hydrogens is 620 g/mol. The van der Waals surface area contributed by atoms with Crippen molar-refractivity contribution in [2.45, 2.75) is 46.5 Å². The van der Waals surface area contributed by atoms with E-state index in [9.17, 15) is 5.11 Å². The molecule has 0 aromatic heterocycles. The van der Waals surface area contributed by atoms with Gasteiger partial charge in [0.15, 0.2) is 0 Å². The minimum Gasteiger partial charge on any atom is -0.497 e. The molecule has 0 saturated heterocycles. The summed E-state index contributed by atoms with van der Waals surface area (Å²) in [4.78, 5) is 4.41. The van der Waals surface area contributed by atoms with Gasteiger partial charge in [-0.1, -0.05) is 50.2 Å². The normalized spacial score (nSPS) is 11.5. The highest BCUT2D eigenvalue weighted by Gasteiger charge is 2.16. The Kier molecular flexibility index (Phi) is 11.0. The zero-order chi connectivity index (χ0) is 34.9. The number of aliphatic hydroxyl groups is 1. The molecule has 6 aromatic rings. The van der Waals surface area contributed by atoms with Gasteiger partial charge in [0.05, 0.1) is 13.7 Å². The fourth-order valence-corrected chi connectivity index (χ4v) is 5.89. The molecule has 0 aliphatic rings. The van der Waals surface area contributed by atoms with E-state index in [4.69, 9.17) is 14.2 Å². The summed E-state index contributed by atoms with van der Waals surface area (Å²) in [7, 11) is 1.68. The van der Waals surface area contributed by atoms with E-state index >= 15 is 0 Å². The van der Waals surface area contributed by atoms with Crippen LogP contribution in [0.5, 0.6) is 17.2 Å². The Balaban J connectivity index is 1.16. The van der Waals surface area contributed by atoms with Crippen molar-refractivity contribution in [3.05, 3.63) is 162 Å². The lowest BCUT2D eigenvalue weighted by molar-refractivity contribution is 0.0223. The van der Waals surface area contributed by atoms with E-state index in [0.717, 1.165) is 58.3 Å². The van der Waals surface area contributed by atoms with Crippen LogP contribution >= 0.6 is 0 Å². The Morgan fingerprint density at radius 1 is 0.440 bits per heavy atom. The van der Waals surface area contributed by atoms with Crippen molar-refractivity contribution in [1.29, 1.82) is 0 Å². The van der Waals surface area contributed by atoms with E-state index in [2.05, 4.69) is 96.4 Å². The first-order chi connectivity index (χ1) is 24.5. The summed E-state index contributed by atoms with van der Waals surface area (Å²) < 4.78 is 17.8. The summed E-state index contributed by atoms with van der Waals surface area (Å²) in [5, 5.41) is 9.56. The van der Waals surface area contributed by atoms with Gasteiger partial charge >= 0.3 is 0 Å². The first-order valence-corrected chi connectivity index (χ1v) is 17.1. The molecule has 0 heterocycles. The second kappa shape index (κ2) is 16.1. The summed E-state index contributed by atoms with van der Waals surface area (Å²) in [5.74, 6) is 2.23. The van der Waals surface area contributed by atoms with Crippen LogP contribution in [0, 0.1) is 0 Å². The molecule has 0 aliphatic carbocycles. The third-order valence-corrected chi connectivity index (χ3v) is 8.71. The van der Waals surface area contributed by atoms with Gasteiger partial charge in [-0.25, -0.2) is 0 Å². The van der Waals surface area contributed by atoms with E-state index in [0.29, 0.717) is 11.5 Å². The van der Waals surface area contributed by atoms with Crippen LogP contribution in [0.3, 0.4) is 0 Å². The van der Waals surface area contributed by atoms with E-state index < -0.39 is 6.29 Å². The number of aryl methyl sites for hydroxylation is 2. The molecule has 0 amide bonds. The van der Waals surface area contributed by atoms with Crippen LogP contribution in [0.4, 0.5) is 34.1 Å². The maximum atomic E-state index is 9.56. The lowest BCUT2D eigenvalue weighted by Crippen LogP contribution is -2.19. The molecule has 0 aliphatic heterocycles. The zero-order valence-electron chi connectivity index (χ0n) is 29.1. The van der Waals surface area contributed by atoms with Crippen molar-refractivity contribution in [1.82, 2.24) is 0 Å². The molecule has 1 N–H and O–H groups in total. The fraction of sp³-hybridized carbons (Fsp3) is 0.182. The van der Waals surface area contributed by atoms with E-state index in [1.807, 2.05) is 79.7 Å². The number of methoxy groups -OCH3 is 1. The molecule has 254 valence electrons. The molecule has 0 spiro atoms. The maximum absolute atomic E-state index is 9.56. The SMILES string of the molecule is CCc1ccc(N(c2ccc(CO)cc2)c2ccc(OC(C)Oc3ccc(N(c4ccc(CC)cc4)c4ccc(OC)cc4)cc3)cc2)cc1. The van der Waals surface area contributed by atoms with E-state index in [-0.39, 0.29) is 6.61 Å². The smallest absolute Gasteiger partial charge is 0.238 e. The third-order valence-electron chi connectivity index (χ3n) is 8.71. The lowest BCUT2D eigenvalue weighted by atomic mass is 10.1. The van der Waals surface area contributed by atoms with Gasteiger partial charge in [0.25, 0.3) is 0 Å². The second-order valence-corrected chi connectivity index (χ2v) is 12.0. The molecule has 6 heteroatoms. The molecule has 50 heavy (non-hydrogen) atoms. The Hall–Kier alpha value is -5.72. The number of hydrogen-bond acceptors (Lipinski definition) is 6. The van der Waals surface area contributed by atoms with Crippen molar-refractivity contribution in [3.8, 4) is 17.2 Å². The lowest BCUT2D eigenvalue weighted by Gasteiger charge is -2.26. The minimum absolute atomic E-state index is 0.0115. The fourth-order valence-electron chi connectivity index (χ4n) is 5.89. The number of aliphatic hydroxyl groups excluding tert-OH is 1. The van der Waals surface area contributed by atoms with Crippen molar-refractivity contribution in [2.24, 2.45) is 0 Å². The number of hydrogen-bond donors (Lipinski definition) is 1. The largest absolute Gasteiger partial charge is 0.497 e. The third kappa shape index (κ3) is 8.11. The standard InChI is InChI=1S/C44H44N2O4/c1-5-33-7-13-36(14-8-33)45(38-17-11-35(31-47)12-18-38)40-21-27-43(28-22-40)49-32(3)50-44-29-23-41(24-30-44)46(37-15-9-34(6-2)10-16-37)39-19-25-42(48-4)26-20-39/h7-30,32,47H,5-6,31H2,1-4H3. The van der Waals surface area contributed by atoms with Crippen LogP contribution in [0.15, 0.2) is 146 Å². The zero-order valence-corrected chi connectivity index (χ0v) is 29.1. The Morgan fingerprint density at radius 3 is 1.00 bits per heavy atom. The quantitative estimate of drug-likeness (QED) is 0.117. The minimum atomic E-state index is -0.519. The van der Waals surface area contributed by atoms with Crippen LogP contribution in [0.1, 0.15) is 37.5 Å². The predicted octanol–water partition coefficient (Wildman–Crippen LogP) is 11.1. The maximum Gasteiger partial charge on any atom is 0.238 e. The van der Waals surface area contributed by atoms with Gasteiger partial charge in [0.1, 0.15) is 17.2 Å². The molecule has 6 aromatic carbocycles. The Labute approximate surface area is 295 Å². The van der Waals surface area contributed by atoms with Gasteiger partial charge in [-0.15, -0.1) is 0 Å². The van der Waals surface area contributed by atoms with Gasteiger partial charge in [-0.05, 0) is 139 Å². The molecule has 6 nitrogen and oxygen atoms in total. The van der Waals surface area contributed by atoms with Crippen LogP contribution < -0.4 is 24.0 Å². The number of ether oxygens (including phenoxy) is 3. The highest BCUT2D eigenvalue weighted by Crippen LogP contribution is 2.38. The summed E-state index contributed by atoms with van der Waals surface area (Å²) in [6.45, 7) is 6.23. The summed E-state index contributed by atoms with van der Waals surface area (Å²) in [5.41, 5.74) is 9.61. The van der Waals surface area contributed by atoms with Crippen molar-refractivity contribution < 1.29 is 19.3 Å². The van der Waals surface area contributed by atoms with Crippen LogP contribution in [0.25, 0.3) is 0 Å². The first-order valence-electron chi connectivity index (χ1n) is 17.1. The Morgan fingerprint density at radius 2 is 0.720 bits per heavy atom. The van der Waals surface area contributed by atoms with Crippen molar-refractivity contribution in [3.63, 3.8) is 0 Å². The topological polar surface area (TPSA) is 54.4 Å². The van der Waals surface area contributed by atoms with Gasteiger partial charge in [0, 0.05) is 41.0 Å². The van der Waals surface area contributed by atoms with Gasteiger partial charge in [-0.3, -0.25) is 0 Å². The van der Waals surface area contributed by atoms with Crippen LogP contribution in [-0.2, 0) is 19.4 Å². The van der Waals surface area contributed by atoms with Gasteiger partial charge in [0.2, 0.25) is 6.29 Å². The molecule has 6 rings (SSSR count). The number of benzene rings is 6. The van der Waals surface area contributed by atoms with Gasteiger partial charge in [-0.2, -0.15) is 0 Å². The molecule has 0 bridgehead atoms. The predicted molar refractivity (Wildman–Crippen MR) is 204 cm³/mol. The Bertz CT molecular complexity index is 1680. The first kappa shape index (κ1) is 34.2. The summed E-state index contributed by atoms with van der Waals surface area (Å²) in [6, 6.07) is 49.4. The average Bonchev–Trinajstić information content (AvgIpc) is 3.17. The average molecular weight is 665 g/mol. The highest BCUT2D eigenvalue weighted by molar-refractivity contribution is 5.78. The molecular formula is C44H44N2O4. The molecule has 0 fully saturated rings. The highest BCUT2D eigenvalue weighted by atomic mass is 16.7. The second-order valence-electron chi connectivity index (χ2n) is 12.0. The van der Waals surface area contributed by atoms with Crippen molar-refractivity contribution in [2.75, 3.05) is 16.9 Å². The van der Waals surface area contributed by atoms with Crippen LogP contribution in [-0.4, -0.2) is 18.5 Å². The van der Waals surface area contributed by atoms with Crippen LogP contribution in [0.2, 0.25) is 0 Å².